The van der Waals surface area contributed by atoms with Gasteiger partial charge in [-0.15, -0.1) is 0 Å². The van der Waals surface area contributed by atoms with Crippen LogP contribution in [-0.4, -0.2) is 29.1 Å². The minimum absolute atomic E-state index is 0.0868. The molecular formula is C14H13FN2O4. The van der Waals surface area contributed by atoms with E-state index >= 15 is 0 Å². The van der Waals surface area contributed by atoms with Crippen LogP contribution in [0.3, 0.4) is 0 Å². The molecule has 7 heteroatoms. The number of hydrogen-bond donors (Lipinski definition) is 2. The minimum Gasteiger partial charge on any atom is -0.478 e. The predicted octanol–water partition coefficient (Wildman–Crippen LogP) is 2.78. The largest absolute Gasteiger partial charge is 0.478 e. The fourth-order valence-corrected chi connectivity index (χ4v) is 1.67. The third-order valence-corrected chi connectivity index (χ3v) is 2.78. The molecule has 0 spiro atoms. The highest BCUT2D eigenvalue weighted by atomic mass is 19.1. The van der Waals surface area contributed by atoms with Crippen molar-refractivity contribution in [1.82, 2.24) is 4.90 Å². The Morgan fingerprint density at radius 2 is 2.14 bits per heavy atom. The van der Waals surface area contributed by atoms with Gasteiger partial charge in [-0.2, -0.15) is 0 Å². The van der Waals surface area contributed by atoms with E-state index in [0.29, 0.717) is 5.76 Å². The normalized spacial score (nSPS) is 10.2. The van der Waals surface area contributed by atoms with E-state index < -0.39 is 17.8 Å². The molecule has 21 heavy (non-hydrogen) atoms. The number of rotatable bonds is 4. The van der Waals surface area contributed by atoms with E-state index in [1.807, 2.05) is 0 Å². The Bertz CT molecular complexity index is 655. The van der Waals surface area contributed by atoms with Crippen LogP contribution in [0.15, 0.2) is 41.0 Å². The molecule has 0 aliphatic rings. The number of benzene rings is 1. The monoisotopic (exact) mass is 292 g/mol. The highest BCUT2D eigenvalue weighted by Gasteiger charge is 2.14. The van der Waals surface area contributed by atoms with Gasteiger partial charge in [0.25, 0.3) is 0 Å². The first-order chi connectivity index (χ1) is 9.97. The standard InChI is InChI=1S/C14H13FN2O4/c1-17(8-10-3-2-6-21-10)14(20)16-12-5-4-9(13(18)19)7-11(12)15/h2-7H,8H2,1H3,(H,16,20)(H,18,19). The number of halogens is 1. The molecule has 0 aliphatic heterocycles. The molecule has 0 unspecified atom stereocenters. The van der Waals surface area contributed by atoms with Crippen LogP contribution < -0.4 is 5.32 Å². The Hall–Kier alpha value is -2.83. The summed E-state index contributed by atoms with van der Waals surface area (Å²) >= 11 is 0. The third kappa shape index (κ3) is 3.59. The average molecular weight is 292 g/mol. The highest BCUT2D eigenvalue weighted by molar-refractivity contribution is 5.91. The van der Waals surface area contributed by atoms with Gasteiger partial charge in [-0.25, -0.2) is 14.0 Å². The molecule has 0 bridgehead atoms. The number of furan rings is 1. The zero-order valence-corrected chi connectivity index (χ0v) is 11.2. The smallest absolute Gasteiger partial charge is 0.335 e. The minimum atomic E-state index is -1.23. The van der Waals surface area contributed by atoms with E-state index in [1.165, 1.54) is 30.3 Å². The molecule has 110 valence electrons. The van der Waals surface area contributed by atoms with E-state index in [-0.39, 0.29) is 17.8 Å². The van der Waals surface area contributed by atoms with Gasteiger partial charge in [-0.3, -0.25) is 0 Å². The molecule has 2 N–H and O–H groups in total. The number of amides is 2. The Morgan fingerprint density at radius 3 is 2.71 bits per heavy atom. The van der Waals surface area contributed by atoms with Crippen molar-refractivity contribution in [3.63, 3.8) is 0 Å². The number of nitrogens with zero attached hydrogens (tertiary/aromatic N) is 1. The lowest BCUT2D eigenvalue weighted by molar-refractivity contribution is 0.0696. The maximum atomic E-state index is 13.7. The molecular weight excluding hydrogens is 279 g/mol. The molecule has 1 aromatic carbocycles. The predicted molar refractivity (Wildman–Crippen MR) is 72.6 cm³/mol. The van der Waals surface area contributed by atoms with Crippen LogP contribution in [0.4, 0.5) is 14.9 Å². The summed E-state index contributed by atoms with van der Waals surface area (Å²) < 4.78 is 18.8. The van der Waals surface area contributed by atoms with Gasteiger partial charge in [-0.05, 0) is 30.3 Å². The second-order valence-corrected chi connectivity index (χ2v) is 4.37. The number of carbonyl (C=O) groups excluding carboxylic acids is 1. The van der Waals surface area contributed by atoms with E-state index in [1.54, 1.807) is 12.1 Å². The molecule has 0 saturated carbocycles. The molecule has 2 rings (SSSR count). The molecule has 1 heterocycles. The van der Waals surface area contributed by atoms with Gasteiger partial charge < -0.3 is 19.7 Å². The van der Waals surface area contributed by atoms with E-state index in [4.69, 9.17) is 9.52 Å². The van der Waals surface area contributed by atoms with Crippen molar-refractivity contribution < 1.29 is 23.5 Å². The molecule has 1 aromatic heterocycles. The van der Waals surface area contributed by atoms with Crippen molar-refractivity contribution >= 4 is 17.7 Å². The van der Waals surface area contributed by atoms with Crippen molar-refractivity contribution in [2.24, 2.45) is 0 Å². The van der Waals surface area contributed by atoms with Crippen LogP contribution in [0.5, 0.6) is 0 Å². The van der Waals surface area contributed by atoms with Gasteiger partial charge in [0.2, 0.25) is 0 Å². The molecule has 0 saturated heterocycles. The van der Waals surface area contributed by atoms with Gasteiger partial charge in [0.15, 0.2) is 0 Å². The SMILES string of the molecule is CN(Cc1ccco1)C(=O)Nc1ccc(C(=O)O)cc1F. The van der Waals surface area contributed by atoms with Gasteiger partial charge in [0, 0.05) is 7.05 Å². The second kappa shape index (κ2) is 6.08. The van der Waals surface area contributed by atoms with Crippen molar-refractivity contribution in [1.29, 1.82) is 0 Å². The number of anilines is 1. The highest BCUT2D eigenvalue weighted by Crippen LogP contribution is 2.16. The number of carboxylic acids is 1. The maximum absolute atomic E-state index is 13.7. The van der Waals surface area contributed by atoms with Gasteiger partial charge >= 0.3 is 12.0 Å². The van der Waals surface area contributed by atoms with E-state index in [2.05, 4.69) is 5.32 Å². The van der Waals surface area contributed by atoms with Crippen LogP contribution in [-0.2, 0) is 6.54 Å². The van der Waals surface area contributed by atoms with Gasteiger partial charge in [0.1, 0.15) is 11.6 Å². The number of urea groups is 1. The summed E-state index contributed by atoms with van der Waals surface area (Å²) in [5.41, 5.74) is -0.272. The van der Waals surface area contributed by atoms with Crippen molar-refractivity contribution in [3.05, 3.63) is 53.7 Å². The molecule has 2 aromatic rings. The lowest BCUT2D eigenvalue weighted by Crippen LogP contribution is -2.31. The summed E-state index contributed by atoms with van der Waals surface area (Å²) in [4.78, 5) is 23.9. The number of nitrogens with one attached hydrogen (secondary N) is 1. The molecule has 0 fully saturated rings. The summed E-state index contributed by atoms with van der Waals surface area (Å²) in [6, 6.07) is 6.15. The quantitative estimate of drug-likeness (QED) is 0.907. The third-order valence-electron chi connectivity index (χ3n) is 2.78. The number of hydrogen-bond acceptors (Lipinski definition) is 3. The molecule has 2 amide bonds. The second-order valence-electron chi connectivity index (χ2n) is 4.37. The number of carboxylic acid groups (broad SMARTS) is 1. The fraction of sp³-hybridized carbons (Fsp3) is 0.143. The molecule has 0 atom stereocenters. The first-order valence-electron chi connectivity index (χ1n) is 6.04. The summed E-state index contributed by atoms with van der Waals surface area (Å²) in [5, 5.41) is 11.1. The summed E-state index contributed by atoms with van der Waals surface area (Å²) in [6.07, 6.45) is 1.49. The van der Waals surface area contributed by atoms with Crippen molar-refractivity contribution in [3.8, 4) is 0 Å². The zero-order valence-electron chi connectivity index (χ0n) is 11.2. The van der Waals surface area contributed by atoms with Crippen LogP contribution >= 0.6 is 0 Å². The van der Waals surface area contributed by atoms with Crippen LogP contribution in [0, 0.1) is 5.82 Å². The van der Waals surface area contributed by atoms with Crippen LogP contribution in [0.25, 0.3) is 0 Å². The summed E-state index contributed by atoms with van der Waals surface area (Å²) in [6.45, 7) is 0.230. The lowest BCUT2D eigenvalue weighted by Gasteiger charge is -2.17. The lowest BCUT2D eigenvalue weighted by atomic mass is 10.2. The first kappa shape index (κ1) is 14.6. The van der Waals surface area contributed by atoms with Crippen molar-refractivity contribution in [2.75, 3.05) is 12.4 Å². The molecule has 0 aliphatic carbocycles. The molecule has 0 radical (unpaired) electrons. The van der Waals surface area contributed by atoms with E-state index in [0.717, 1.165) is 6.07 Å². The van der Waals surface area contributed by atoms with E-state index in [9.17, 15) is 14.0 Å². The maximum Gasteiger partial charge on any atom is 0.335 e. The Morgan fingerprint density at radius 1 is 1.38 bits per heavy atom. The van der Waals surface area contributed by atoms with Crippen LogP contribution in [0.1, 0.15) is 16.1 Å². The fourth-order valence-electron chi connectivity index (χ4n) is 1.67. The zero-order chi connectivity index (χ0) is 15.4. The van der Waals surface area contributed by atoms with Gasteiger partial charge in [0.05, 0.1) is 24.1 Å². The summed E-state index contributed by atoms with van der Waals surface area (Å²) in [7, 11) is 1.53. The first-order valence-corrected chi connectivity index (χ1v) is 6.04. The Kier molecular flexibility index (Phi) is 4.22. The number of aromatic carboxylic acids is 1. The topological polar surface area (TPSA) is 82.8 Å². The summed E-state index contributed by atoms with van der Waals surface area (Å²) in [5.74, 6) is -1.45. The van der Waals surface area contributed by atoms with Gasteiger partial charge in [-0.1, -0.05) is 0 Å². The Balaban J connectivity index is 2.03. The average Bonchev–Trinajstić information content (AvgIpc) is 2.93. The molecule has 6 nitrogen and oxygen atoms in total. The van der Waals surface area contributed by atoms with Crippen LogP contribution in [0.2, 0.25) is 0 Å². The number of carbonyl (C=O) groups is 2. The van der Waals surface area contributed by atoms with Crippen molar-refractivity contribution in [2.45, 2.75) is 6.54 Å². The Labute approximate surface area is 119 Å².